The lowest BCUT2D eigenvalue weighted by Gasteiger charge is -2.28. The third-order valence-corrected chi connectivity index (χ3v) is 7.84. The Kier molecular flexibility index (Phi) is 7.42. The van der Waals surface area contributed by atoms with Gasteiger partial charge in [-0.1, -0.05) is 54.0 Å². The third kappa shape index (κ3) is 5.84. The maximum absolute atomic E-state index is 13.4. The van der Waals surface area contributed by atoms with Crippen molar-refractivity contribution < 1.29 is 13.2 Å². The molecule has 0 N–H and O–H groups in total. The number of aromatic nitrogens is 2. The van der Waals surface area contributed by atoms with Gasteiger partial charge in [-0.15, -0.1) is 0 Å². The number of nitrogens with zero attached hydrogens (tertiary/aromatic N) is 3. The molecule has 1 atom stereocenters. The number of carbonyl (C=O) groups excluding carboxylic acids is 1. The zero-order chi connectivity index (χ0) is 21.0. The van der Waals surface area contributed by atoms with Gasteiger partial charge in [-0.3, -0.25) is 4.79 Å². The molecule has 2 heterocycles. The summed E-state index contributed by atoms with van der Waals surface area (Å²) in [7, 11) is -3.18. The molecule has 1 saturated heterocycles. The van der Waals surface area contributed by atoms with Crippen LogP contribution in [0.1, 0.15) is 35.8 Å². The molecule has 0 radical (unpaired) electrons. The van der Waals surface area contributed by atoms with Crippen molar-refractivity contribution in [2.45, 2.75) is 37.5 Å². The molecule has 1 aromatic carbocycles. The molecule has 156 valence electrons. The average Bonchev–Trinajstić information content (AvgIpc) is 3.04. The van der Waals surface area contributed by atoms with Crippen LogP contribution in [0.2, 0.25) is 10.0 Å². The van der Waals surface area contributed by atoms with Crippen molar-refractivity contribution in [3.8, 4) is 0 Å². The zero-order valence-electron chi connectivity index (χ0n) is 15.8. The first kappa shape index (κ1) is 22.3. The summed E-state index contributed by atoms with van der Waals surface area (Å²) in [6.07, 6.45) is 2.75. The average molecular weight is 474 g/mol. The number of thioether (sulfide) groups is 1. The van der Waals surface area contributed by atoms with Crippen LogP contribution in [0.3, 0.4) is 0 Å². The van der Waals surface area contributed by atoms with Crippen molar-refractivity contribution in [3.05, 3.63) is 51.8 Å². The Morgan fingerprint density at radius 3 is 2.79 bits per heavy atom. The molecule has 3 rings (SSSR count). The van der Waals surface area contributed by atoms with Gasteiger partial charge in [0.15, 0.2) is 20.7 Å². The fourth-order valence-corrected chi connectivity index (χ4v) is 5.91. The Morgan fingerprint density at radius 1 is 1.34 bits per heavy atom. The number of sulfone groups is 1. The molecule has 1 aromatic heterocycles. The highest BCUT2D eigenvalue weighted by Crippen LogP contribution is 2.26. The normalized spacial score (nSPS) is 18.0. The second-order valence-electron chi connectivity index (χ2n) is 6.82. The summed E-state index contributed by atoms with van der Waals surface area (Å²) in [5.74, 6) is 0.409. The smallest absolute Gasteiger partial charge is 0.274 e. The van der Waals surface area contributed by atoms with E-state index in [1.54, 1.807) is 23.1 Å². The second kappa shape index (κ2) is 9.64. The molecular formula is C19H21Cl2N3O3S2. The number of hydrogen-bond donors (Lipinski definition) is 0. The minimum atomic E-state index is -3.18. The SMILES string of the molecule is CCCSc1ncc(Cl)c(C(=O)N(Cc2cccc(Cl)c2)[C@H]2CCS(=O)(=O)C2)n1. The van der Waals surface area contributed by atoms with Crippen molar-refractivity contribution in [3.63, 3.8) is 0 Å². The van der Waals surface area contributed by atoms with Gasteiger partial charge in [-0.2, -0.15) is 0 Å². The van der Waals surface area contributed by atoms with Gasteiger partial charge in [0, 0.05) is 23.4 Å². The largest absolute Gasteiger partial charge is 0.329 e. The Labute approximate surface area is 184 Å². The van der Waals surface area contributed by atoms with Crippen molar-refractivity contribution >= 4 is 50.7 Å². The standard InChI is InChI=1S/C19H21Cl2N3O3S2/c1-2-7-28-19-22-10-16(21)17(23-19)18(25)24(15-6-8-29(26,27)12-15)11-13-4-3-5-14(20)9-13/h3-5,9-10,15H,2,6-8,11-12H2,1H3/t15-/m0/s1. The summed E-state index contributed by atoms with van der Waals surface area (Å²) in [6, 6.07) is 6.71. The Hall–Kier alpha value is -1.35. The number of carbonyl (C=O) groups is 1. The lowest BCUT2D eigenvalue weighted by molar-refractivity contribution is 0.0674. The van der Waals surface area contributed by atoms with E-state index >= 15 is 0 Å². The predicted molar refractivity (Wildman–Crippen MR) is 116 cm³/mol. The topological polar surface area (TPSA) is 80.2 Å². The van der Waals surface area contributed by atoms with Crippen LogP contribution in [0.15, 0.2) is 35.6 Å². The molecule has 0 saturated carbocycles. The van der Waals surface area contributed by atoms with Crippen LogP contribution in [0.25, 0.3) is 0 Å². The summed E-state index contributed by atoms with van der Waals surface area (Å²) < 4.78 is 24.1. The zero-order valence-corrected chi connectivity index (χ0v) is 19.0. The Bertz CT molecular complexity index is 1000. The highest BCUT2D eigenvalue weighted by molar-refractivity contribution is 7.99. The molecule has 10 heteroatoms. The lowest BCUT2D eigenvalue weighted by Crippen LogP contribution is -2.41. The molecule has 0 bridgehead atoms. The van der Waals surface area contributed by atoms with E-state index in [2.05, 4.69) is 9.97 Å². The van der Waals surface area contributed by atoms with Gasteiger partial charge in [-0.25, -0.2) is 18.4 Å². The minimum Gasteiger partial charge on any atom is -0.329 e. The monoisotopic (exact) mass is 473 g/mol. The van der Waals surface area contributed by atoms with Crippen LogP contribution in [0, 0.1) is 0 Å². The molecule has 2 aromatic rings. The molecule has 0 spiro atoms. The predicted octanol–water partition coefficient (Wildman–Crippen LogP) is 4.12. The van der Waals surface area contributed by atoms with E-state index in [4.69, 9.17) is 23.2 Å². The highest BCUT2D eigenvalue weighted by atomic mass is 35.5. The van der Waals surface area contributed by atoms with Crippen molar-refractivity contribution in [1.82, 2.24) is 14.9 Å². The van der Waals surface area contributed by atoms with Crippen molar-refractivity contribution in [2.75, 3.05) is 17.3 Å². The highest BCUT2D eigenvalue weighted by Gasteiger charge is 2.36. The van der Waals surface area contributed by atoms with Crippen LogP contribution >= 0.6 is 35.0 Å². The lowest BCUT2D eigenvalue weighted by atomic mass is 10.1. The van der Waals surface area contributed by atoms with E-state index in [9.17, 15) is 13.2 Å². The van der Waals surface area contributed by atoms with E-state index in [1.165, 1.54) is 18.0 Å². The Morgan fingerprint density at radius 2 is 2.14 bits per heavy atom. The molecule has 1 fully saturated rings. The molecule has 1 aliphatic rings. The molecule has 0 unspecified atom stereocenters. The fourth-order valence-electron chi connectivity index (χ4n) is 3.12. The summed E-state index contributed by atoms with van der Waals surface area (Å²) in [5.41, 5.74) is 0.896. The van der Waals surface area contributed by atoms with Crippen molar-refractivity contribution in [1.29, 1.82) is 0 Å². The van der Waals surface area contributed by atoms with E-state index in [0.717, 1.165) is 17.7 Å². The fraction of sp³-hybridized carbons (Fsp3) is 0.421. The van der Waals surface area contributed by atoms with Crippen LogP contribution in [-0.4, -0.2) is 52.5 Å². The van der Waals surface area contributed by atoms with Gasteiger partial charge in [0.05, 0.1) is 22.7 Å². The van der Waals surface area contributed by atoms with Gasteiger partial charge in [0.25, 0.3) is 5.91 Å². The van der Waals surface area contributed by atoms with E-state index in [1.807, 2.05) is 13.0 Å². The summed E-state index contributed by atoms with van der Waals surface area (Å²) in [5, 5.41) is 1.17. The van der Waals surface area contributed by atoms with Crippen LogP contribution in [0.5, 0.6) is 0 Å². The number of hydrogen-bond acceptors (Lipinski definition) is 6. The number of amides is 1. The van der Waals surface area contributed by atoms with E-state index < -0.39 is 21.8 Å². The van der Waals surface area contributed by atoms with Gasteiger partial charge < -0.3 is 4.90 Å². The van der Waals surface area contributed by atoms with E-state index in [-0.39, 0.29) is 28.8 Å². The third-order valence-electron chi connectivity index (χ3n) is 4.51. The molecule has 0 aliphatic carbocycles. The van der Waals surface area contributed by atoms with E-state index in [0.29, 0.717) is 16.6 Å². The minimum absolute atomic E-state index is 0.0616. The molecule has 1 aliphatic heterocycles. The Balaban J connectivity index is 1.94. The number of benzene rings is 1. The summed E-state index contributed by atoms with van der Waals surface area (Å²) >= 11 is 13.8. The first-order chi connectivity index (χ1) is 13.8. The molecular weight excluding hydrogens is 453 g/mol. The number of rotatable bonds is 7. The van der Waals surface area contributed by atoms with Gasteiger partial charge in [0.1, 0.15) is 0 Å². The quantitative estimate of drug-likeness (QED) is 0.444. The van der Waals surface area contributed by atoms with Crippen molar-refractivity contribution in [2.24, 2.45) is 0 Å². The first-order valence-corrected chi connectivity index (χ1v) is 12.8. The molecule has 29 heavy (non-hydrogen) atoms. The number of halogens is 2. The molecule has 1 amide bonds. The molecule has 6 nitrogen and oxygen atoms in total. The second-order valence-corrected chi connectivity index (χ2v) is 11.0. The van der Waals surface area contributed by atoms with Gasteiger partial charge >= 0.3 is 0 Å². The van der Waals surface area contributed by atoms with Crippen LogP contribution in [-0.2, 0) is 16.4 Å². The van der Waals surface area contributed by atoms with Crippen LogP contribution < -0.4 is 0 Å². The maximum atomic E-state index is 13.4. The van der Waals surface area contributed by atoms with Crippen LogP contribution in [0.4, 0.5) is 0 Å². The maximum Gasteiger partial charge on any atom is 0.274 e. The summed E-state index contributed by atoms with van der Waals surface area (Å²) in [6.45, 7) is 2.26. The van der Waals surface area contributed by atoms with Gasteiger partial charge in [0.2, 0.25) is 0 Å². The van der Waals surface area contributed by atoms with Gasteiger partial charge in [-0.05, 0) is 30.5 Å². The first-order valence-electron chi connectivity index (χ1n) is 9.20. The summed E-state index contributed by atoms with van der Waals surface area (Å²) in [4.78, 5) is 23.5.